The summed E-state index contributed by atoms with van der Waals surface area (Å²) in [6.07, 6.45) is 0. The van der Waals surface area contributed by atoms with Crippen LogP contribution >= 0.6 is 0 Å². The Balaban J connectivity index is 0. The first-order valence-electron chi connectivity index (χ1n) is 8.08. The number of hydrogen-bond donors (Lipinski definition) is 10. The molecule has 28 heavy (non-hydrogen) atoms. The van der Waals surface area contributed by atoms with Gasteiger partial charge in [-0.2, -0.15) is 0 Å². The molecule has 0 saturated carbocycles. The molecule has 0 aliphatic heterocycles. The van der Waals surface area contributed by atoms with Crippen LogP contribution in [0.1, 0.15) is 10.4 Å². The number of phenols is 1. The van der Waals surface area contributed by atoms with Crippen LogP contribution in [0.4, 0.5) is 0 Å². The van der Waals surface area contributed by atoms with Crippen molar-refractivity contribution in [2.75, 3.05) is 52.9 Å². The lowest BCUT2D eigenvalue weighted by molar-refractivity contribution is -0.0332. The van der Waals surface area contributed by atoms with Gasteiger partial charge in [0.2, 0.25) is 0 Å². The third-order valence-corrected chi connectivity index (χ3v) is 3.80. The summed E-state index contributed by atoms with van der Waals surface area (Å²) < 4.78 is 0. The normalized spacial score (nSPS) is 11.0. The van der Waals surface area contributed by atoms with Gasteiger partial charge in [-0.1, -0.05) is 0 Å². The predicted octanol–water partition coefficient (Wildman–Crippen LogP) is -3.03. The molecule has 0 radical (unpaired) electrons. The second kappa shape index (κ2) is 15.1. The van der Waals surface area contributed by atoms with E-state index in [0.717, 1.165) is 0 Å². The molecule has 0 aliphatic rings. The highest BCUT2D eigenvalue weighted by atomic mass is 16.4. The predicted molar refractivity (Wildman–Crippen MR) is 96.6 cm³/mol. The minimum atomic E-state index is -1.11. The van der Waals surface area contributed by atoms with Gasteiger partial charge < -0.3 is 51.1 Å². The summed E-state index contributed by atoms with van der Waals surface area (Å²) in [5.74, 6) is -0.912. The molecule has 0 amide bonds. The third kappa shape index (κ3) is 9.92. The Morgan fingerprint density at radius 3 is 1.00 bits per heavy atom. The fourth-order valence-corrected chi connectivity index (χ4v) is 1.20. The molecule has 0 saturated heterocycles. The molecule has 1 aromatic rings. The molecular formula is C17H30O11. The van der Waals surface area contributed by atoms with Crippen molar-refractivity contribution in [3.63, 3.8) is 0 Å². The van der Waals surface area contributed by atoms with Gasteiger partial charge >= 0.3 is 5.97 Å². The van der Waals surface area contributed by atoms with Gasteiger partial charge in [0.1, 0.15) is 5.75 Å². The molecule has 11 nitrogen and oxygen atoms in total. The molecule has 0 unspecified atom stereocenters. The van der Waals surface area contributed by atoms with Crippen molar-refractivity contribution in [2.45, 2.75) is 0 Å². The van der Waals surface area contributed by atoms with Crippen LogP contribution in [-0.2, 0) is 0 Å². The summed E-state index contributed by atoms with van der Waals surface area (Å²) in [5.41, 5.74) is -2.04. The van der Waals surface area contributed by atoms with Crippen molar-refractivity contribution < 1.29 is 55.9 Å². The quantitative estimate of drug-likeness (QED) is 0.197. The van der Waals surface area contributed by atoms with Gasteiger partial charge in [0.15, 0.2) is 0 Å². The van der Waals surface area contributed by atoms with Gasteiger partial charge in [-0.3, -0.25) is 0 Å². The standard InChI is InChI=1S/C7H6O3.2C5H12O4/c8-6-3-1-5(2-4-6)7(9)10;2*6-1-5(2-7,3-8)4-9/h1-4,8H,(H,9,10);2*6-9H,1-4H2. The molecule has 0 heterocycles. The van der Waals surface area contributed by atoms with E-state index in [0.29, 0.717) is 0 Å². The van der Waals surface area contributed by atoms with Crippen LogP contribution in [0.3, 0.4) is 0 Å². The lowest BCUT2D eigenvalue weighted by Gasteiger charge is -2.23. The smallest absolute Gasteiger partial charge is 0.335 e. The Kier molecular flexibility index (Phi) is 15.3. The Morgan fingerprint density at radius 1 is 0.607 bits per heavy atom. The van der Waals surface area contributed by atoms with E-state index in [1.807, 2.05) is 0 Å². The lowest BCUT2D eigenvalue weighted by Crippen LogP contribution is -2.37. The summed E-state index contributed by atoms with van der Waals surface area (Å²) in [5, 5.41) is 85.1. The zero-order chi connectivity index (χ0) is 22.2. The molecule has 0 bridgehead atoms. The van der Waals surface area contributed by atoms with Crippen LogP contribution in [0.15, 0.2) is 24.3 Å². The second-order valence-corrected chi connectivity index (χ2v) is 6.12. The number of carboxylic acids is 1. The molecular weight excluding hydrogens is 380 g/mol. The number of aliphatic hydroxyl groups is 8. The number of benzene rings is 1. The van der Waals surface area contributed by atoms with E-state index in [-0.39, 0.29) is 11.3 Å². The van der Waals surface area contributed by atoms with E-state index in [4.69, 9.17) is 51.1 Å². The zero-order valence-electron chi connectivity index (χ0n) is 15.3. The number of hydrogen-bond acceptors (Lipinski definition) is 10. The Hall–Kier alpha value is -1.83. The van der Waals surface area contributed by atoms with Gasteiger partial charge in [0.05, 0.1) is 69.2 Å². The van der Waals surface area contributed by atoms with E-state index in [2.05, 4.69) is 0 Å². The average Bonchev–Trinajstić information content (AvgIpc) is 2.74. The van der Waals surface area contributed by atoms with Crippen molar-refractivity contribution >= 4 is 5.97 Å². The Morgan fingerprint density at radius 2 is 0.857 bits per heavy atom. The van der Waals surface area contributed by atoms with E-state index in [1.54, 1.807) is 0 Å². The van der Waals surface area contributed by atoms with Gasteiger partial charge in [-0.25, -0.2) is 4.79 Å². The molecule has 1 aromatic carbocycles. The number of rotatable bonds is 9. The first kappa shape index (κ1) is 28.4. The number of carboxylic acid groups (broad SMARTS) is 1. The van der Waals surface area contributed by atoms with Crippen LogP contribution in [0, 0.1) is 10.8 Å². The monoisotopic (exact) mass is 410 g/mol. The number of aromatic carboxylic acids is 1. The van der Waals surface area contributed by atoms with E-state index >= 15 is 0 Å². The minimum Gasteiger partial charge on any atom is -0.508 e. The maximum Gasteiger partial charge on any atom is 0.335 e. The van der Waals surface area contributed by atoms with E-state index < -0.39 is 69.7 Å². The zero-order valence-corrected chi connectivity index (χ0v) is 15.3. The number of phenolic OH excluding ortho intramolecular Hbond substituents is 1. The lowest BCUT2D eigenvalue weighted by atomic mass is 9.93. The first-order chi connectivity index (χ1) is 13.2. The number of aliphatic hydroxyl groups excluding tert-OH is 8. The highest BCUT2D eigenvalue weighted by Crippen LogP contribution is 2.12. The van der Waals surface area contributed by atoms with Crippen LogP contribution in [0.5, 0.6) is 5.75 Å². The van der Waals surface area contributed by atoms with Gasteiger partial charge in [0, 0.05) is 0 Å². The topological polar surface area (TPSA) is 219 Å². The van der Waals surface area contributed by atoms with Crippen molar-refractivity contribution in [3.05, 3.63) is 29.8 Å². The van der Waals surface area contributed by atoms with Gasteiger partial charge in [-0.05, 0) is 24.3 Å². The molecule has 0 spiro atoms. The molecule has 164 valence electrons. The summed E-state index contributed by atoms with van der Waals surface area (Å²) in [4.78, 5) is 10.2. The van der Waals surface area contributed by atoms with E-state index in [9.17, 15) is 4.79 Å². The van der Waals surface area contributed by atoms with E-state index in [1.165, 1.54) is 24.3 Å². The fourth-order valence-electron chi connectivity index (χ4n) is 1.20. The summed E-state index contributed by atoms with van der Waals surface area (Å²) >= 11 is 0. The number of aromatic hydroxyl groups is 1. The van der Waals surface area contributed by atoms with Crippen molar-refractivity contribution in [3.8, 4) is 5.75 Å². The Labute approximate surface area is 162 Å². The number of carbonyl (C=O) groups is 1. The Bertz CT molecular complexity index is 455. The van der Waals surface area contributed by atoms with Gasteiger partial charge in [0.25, 0.3) is 0 Å². The first-order valence-corrected chi connectivity index (χ1v) is 8.08. The van der Waals surface area contributed by atoms with Gasteiger partial charge in [-0.15, -0.1) is 0 Å². The molecule has 0 aromatic heterocycles. The van der Waals surface area contributed by atoms with Crippen LogP contribution in [-0.4, -0.2) is 110 Å². The third-order valence-electron chi connectivity index (χ3n) is 3.80. The molecule has 0 atom stereocenters. The van der Waals surface area contributed by atoms with Crippen LogP contribution in [0.25, 0.3) is 0 Å². The highest BCUT2D eigenvalue weighted by molar-refractivity contribution is 5.87. The molecule has 0 aliphatic carbocycles. The SMILES string of the molecule is O=C(O)c1ccc(O)cc1.OCC(CO)(CO)CO.OCC(CO)(CO)CO. The fraction of sp³-hybridized carbons (Fsp3) is 0.588. The summed E-state index contributed by atoms with van der Waals surface area (Å²) in [6, 6.07) is 5.36. The van der Waals surface area contributed by atoms with Crippen molar-refractivity contribution in [1.29, 1.82) is 0 Å². The van der Waals surface area contributed by atoms with Crippen molar-refractivity contribution in [2.24, 2.45) is 10.8 Å². The maximum absolute atomic E-state index is 10.2. The maximum atomic E-state index is 10.2. The molecule has 10 N–H and O–H groups in total. The average molecular weight is 410 g/mol. The molecule has 1 rings (SSSR count). The van der Waals surface area contributed by atoms with Crippen molar-refractivity contribution in [1.82, 2.24) is 0 Å². The van der Waals surface area contributed by atoms with Crippen LogP contribution < -0.4 is 0 Å². The minimum absolute atomic E-state index is 0.0741. The molecule has 11 heteroatoms. The van der Waals surface area contributed by atoms with Crippen LogP contribution in [0.2, 0.25) is 0 Å². The molecule has 0 fully saturated rings. The largest absolute Gasteiger partial charge is 0.508 e. The highest BCUT2D eigenvalue weighted by Gasteiger charge is 2.27. The second-order valence-electron chi connectivity index (χ2n) is 6.12. The summed E-state index contributed by atoms with van der Waals surface area (Å²) in [7, 11) is 0. The summed E-state index contributed by atoms with van der Waals surface area (Å²) in [6.45, 7) is -3.25.